The Kier molecular flexibility index (Phi) is 7.60. The maximum absolute atomic E-state index is 8.54. The SMILES string of the molecule is CC(C)(C=NO)CCl.OCc1ccccc1. The summed E-state index contributed by atoms with van der Waals surface area (Å²) >= 11 is 5.47. The molecular weight excluding hydrogens is 226 g/mol. The Bertz CT molecular complexity index is 299. The van der Waals surface area contributed by atoms with E-state index in [1.807, 2.05) is 44.2 Å². The average Bonchev–Trinajstić information content (AvgIpc) is 2.31. The van der Waals surface area contributed by atoms with Crippen LogP contribution in [-0.2, 0) is 6.61 Å². The molecule has 0 bridgehead atoms. The summed E-state index contributed by atoms with van der Waals surface area (Å²) < 4.78 is 0. The molecule has 3 nitrogen and oxygen atoms in total. The van der Waals surface area contributed by atoms with Crippen molar-refractivity contribution in [2.45, 2.75) is 20.5 Å². The molecule has 0 aliphatic carbocycles. The highest BCUT2D eigenvalue weighted by Gasteiger charge is 2.12. The molecule has 0 aliphatic rings. The molecule has 0 spiro atoms. The number of benzene rings is 1. The number of aliphatic hydroxyl groups excluding tert-OH is 1. The molecule has 2 N–H and O–H groups in total. The van der Waals surface area contributed by atoms with Crippen molar-refractivity contribution in [2.75, 3.05) is 5.88 Å². The van der Waals surface area contributed by atoms with Gasteiger partial charge in [-0.05, 0) is 5.56 Å². The Labute approximate surface area is 101 Å². The molecule has 0 fully saturated rings. The largest absolute Gasteiger partial charge is 0.411 e. The van der Waals surface area contributed by atoms with E-state index < -0.39 is 0 Å². The number of oxime groups is 1. The van der Waals surface area contributed by atoms with Gasteiger partial charge in [-0.3, -0.25) is 0 Å². The lowest BCUT2D eigenvalue weighted by Gasteiger charge is -2.11. The second-order valence-electron chi connectivity index (χ2n) is 4.01. The van der Waals surface area contributed by atoms with E-state index in [1.165, 1.54) is 6.21 Å². The van der Waals surface area contributed by atoms with Gasteiger partial charge in [0.2, 0.25) is 0 Å². The Morgan fingerprint density at radius 3 is 2.12 bits per heavy atom. The van der Waals surface area contributed by atoms with Crippen LogP contribution in [0.1, 0.15) is 19.4 Å². The maximum Gasteiger partial charge on any atom is 0.0681 e. The van der Waals surface area contributed by atoms with Crippen molar-refractivity contribution in [1.82, 2.24) is 0 Å². The number of halogens is 1. The van der Waals surface area contributed by atoms with Crippen molar-refractivity contribution in [2.24, 2.45) is 10.6 Å². The second kappa shape index (κ2) is 8.13. The summed E-state index contributed by atoms with van der Waals surface area (Å²) in [5, 5.41) is 19.5. The van der Waals surface area contributed by atoms with E-state index in [2.05, 4.69) is 5.16 Å². The molecule has 0 unspecified atom stereocenters. The van der Waals surface area contributed by atoms with E-state index in [-0.39, 0.29) is 12.0 Å². The molecular formula is C12H18ClNO2. The fourth-order valence-corrected chi connectivity index (χ4v) is 0.843. The van der Waals surface area contributed by atoms with Gasteiger partial charge in [0.1, 0.15) is 0 Å². The lowest BCUT2D eigenvalue weighted by Crippen LogP contribution is -2.14. The van der Waals surface area contributed by atoms with Crippen LogP contribution in [0.2, 0.25) is 0 Å². The molecule has 0 heterocycles. The molecule has 1 aromatic carbocycles. The Morgan fingerprint density at radius 2 is 1.88 bits per heavy atom. The highest BCUT2D eigenvalue weighted by atomic mass is 35.5. The van der Waals surface area contributed by atoms with Gasteiger partial charge < -0.3 is 10.3 Å². The summed E-state index contributed by atoms with van der Waals surface area (Å²) in [7, 11) is 0. The Hall–Kier alpha value is -1.06. The summed E-state index contributed by atoms with van der Waals surface area (Å²) in [5.74, 6) is 0.469. The van der Waals surface area contributed by atoms with Gasteiger partial charge >= 0.3 is 0 Å². The molecule has 0 aliphatic heterocycles. The second-order valence-corrected chi connectivity index (χ2v) is 4.28. The van der Waals surface area contributed by atoms with Crippen LogP contribution in [0, 0.1) is 5.41 Å². The van der Waals surface area contributed by atoms with Crippen molar-refractivity contribution in [3.63, 3.8) is 0 Å². The molecule has 16 heavy (non-hydrogen) atoms. The minimum atomic E-state index is -0.184. The van der Waals surface area contributed by atoms with E-state index in [9.17, 15) is 0 Å². The number of nitrogens with zero attached hydrogens (tertiary/aromatic N) is 1. The normalized spacial score (nSPS) is 11.0. The molecule has 0 aromatic heterocycles. The van der Waals surface area contributed by atoms with Crippen LogP contribution in [0.5, 0.6) is 0 Å². The fourth-order valence-electron chi connectivity index (χ4n) is 0.774. The van der Waals surface area contributed by atoms with E-state index in [4.69, 9.17) is 21.9 Å². The predicted molar refractivity (Wildman–Crippen MR) is 67.1 cm³/mol. The van der Waals surface area contributed by atoms with Gasteiger partial charge in [-0.15, -0.1) is 16.8 Å². The highest BCUT2D eigenvalue weighted by Crippen LogP contribution is 2.12. The summed E-state index contributed by atoms with van der Waals surface area (Å²) in [5.41, 5.74) is 0.781. The van der Waals surface area contributed by atoms with Gasteiger partial charge in [0, 0.05) is 11.3 Å². The summed E-state index contributed by atoms with van der Waals surface area (Å²) in [6, 6.07) is 9.52. The molecule has 4 heteroatoms. The van der Waals surface area contributed by atoms with Crippen LogP contribution >= 0.6 is 11.6 Å². The Morgan fingerprint density at radius 1 is 1.31 bits per heavy atom. The summed E-state index contributed by atoms with van der Waals surface area (Å²) in [4.78, 5) is 0. The third-order valence-corrected chi connectivity index (χ3v) is 2.47. The first-order chi connectivity index (χ1) is 7.55. The van der Waals surface area contributed by atoms with Gasteiger partial charge in [0.05, 0.1) is 12.8 Å². The molecule has 1 rings (SSSR count). The maximum atomic E-state index is 8.54. The van der Waals surface area contributed by atoms with Crippen LogP contribution in [0.3, 0.4) is 0 Å². The zero-order chi connectivity index (χ0) is 12.4. The van der Waals surface area contributed by atoms with E-state index >= 15 is 0 Å². The molecule has 90 valence electrons. The topological polar surface area (TPSA) is 52.8 Å². The number of hydrogen-bond donors (Lipinski definition) is 2. The Balaban J connectivity index is 0.000000281. The van der Waals surface area contributed by atoms with Crippen molar-refractivity contribution >= 4 is 17.8 Å². The van der Waals surface area contributed by atoms with E-state index in [0.29, 0.717) is 5.88 Å². The van der Waals surface area contributed by atoms with Crippen LogP contribution in [0.25, 0.3) is 0 Å². The number of rotatable bonds is 3. The standard InChI is InChI=1S/C7H8O.C5H10ClNO/c8-6-7-4-2-1-3-5-7;1-5(2,3-6)4-7-8/h1-5,8H,6H2;4,8H,3H2,1-2H3. The average molecular weight is 244 g/mol. The molecule has 1 aromatic rings. The lowest BCUT2D eigenvalue weighted by atomic mass is 9.99. The third kappa shape index (κ3) is 7.26. The first kappa shape index (κ1) is 14.9. The van der Waals surface area contributed by atoms with E-state index in [0.717, 1.165) is 5.56 Å². The first-order valence-electron chi connectivity index (χ1n) is 4.95. The van der Waals surface area contributed by atoms with Crippen molar-refractivity contribution in [3.05, 3.63) is 35.9 Å². The van der Waals surface area contributed by atoms with Crippen molar-refractivity contribution in [1.29, 1.82) is 0 Å². The monoisotopic (exact) mass is 243 g/mol. The minimum Gasteiger partial charge on any atom is -0.411 e. The highest BCUT2D eigenvalue weighted by molar-refractivity contribution is 6.19. The molecule has 0 radical (unpaired) electrons. The van der Waals surface area contributed by atoms with Gasteiger partial charge in [-0.1, -0.05) is 44.2 Å². The first-order valence-corrected chi connectivity index (χ1v) is 5.48. The summed E-state index contributed by atoms with van der Waals surface area (Å²) in [6.07, 6.45) is 1.42. The molecule has 0 saturated carbocycles. The van der Waals surface area contributed by atoms with Crippen molar-refractivity contribution < 1.29 is 10.3 Å². The fraction of sp³-hybridized carbons (Fsp3) is 0.417. The number of hydrogen-bond acceptors (Lipinski definition) is 3. The van der Waals surface area contributed by atoms with Crippen LogP contribution in [0.4, 0.5) is 0 Å². The zero-order valence-electron chi connectivity index (χ0n) is 9.60. The van der Waals surface area contributed by atoms with Crippen LogP contribution < -0.4 is 0 Å². The van der Waals surface area contributed by atoms with E-state index in [1.54, 1.807) is 0 Å². The van der Waals surface area contributed by atoms with Gasteiger partial charge in [0.15, 0.2) is 0 Å². The van der Waals surface area contributed by atoms with Crippen LogP contribution in [-0.4, -0.2) is 22.4 Å². The lowest BCUT2D eigenvalue weighted by molar-refractivity contribution is 0.282. The molecule has 0 saturated heterocycles. The van der Waals surface area contributed by atoms with Crippen LogP contribution in [0.15, 0.2) is 35.5 Å². The molecule has 0 amide bonds. The van der Waals surface area contributed by atoms with Crippen molar-refractivity contribution in [3.8, 4) is 0 Å². The number of aliphatic hydroxyl groups is 1. The van der Waals surface area contributed by atoms with Gasteiger partial charge in [-0.25, -0.2) is 0 Å². The predicted octanol–water partition coefficient (Wildman–Crippen LogP) is 2.89. The minimum absolute atomic E-state index is 0.140. The number of alkyl halides is 1. The summed E-state index contributed by atoms with van der Waals surface area (Å²) in [6.45, 7) is 3.92. The zero-order valence-corrected chi connectivity index (χ0v) is 10.4. The van der Waals surface area contributed by atoms with Gasteiger partial charge in [-0.2, -0.15) is 0 Å². The van der Waals surface area contributed by atoms with Gasteiger partial charge in [0.25, 0.3) is 0 Å². The molecule has 0 atom stereocenters. The smallest absolute Gasteiger partial charge is 0.0681 e. The third-order valence-electron chi connectivity index (χ3n) is 1.78. The quantitative estimate of drug-likeness (QED) is 0.371.